The first-order chi connectivity index (χ1) is 8.60. The summed E-state index contributed by atoms with van der Waals surface area (Å²) in [6.45, 7) is 9.58. The normalized spacial score (nSPS) is 23.0. The lowest BCUT2D eigenvalue weighted by Gasteiger charge is -2.37. The van der Waals surface area contributed by atoms with E-state index in [1.165, 1.54) is 19.4 Å². The first-order valence-electron chi connectivity index (χ1n) is 7.03. The Balaban J connectivity index is 2.27. The summed E-state index contributed by atoms with van der Waals surface area (Å²) in [7, 11) is 3.45. The zero-order valence-corrected chi connectivity index (χ0v) is 12.4. The summed E-state index contributed by atoms with van der Waals surface area (Å²) in [5, 5.41) is 7.03. The van der Waals surface area contributed by atoms with Gasteiger partial charge in [-0.15, -0.1) is 0 Å². The maximum Gasteiger partial charge on any atom is 0.0928 e. The molecule has 0 amide bonds. The second kappa shape index (κ2) is 8.10. The van der Waals surface area contributed by atoms with Crippen LogP contribution in [0, 0.1) is 11.3 Å². The number of piperidine rings is 1. The number of rotatable bonds is 8. The first-order valence-corrected chi connectivity index (χ1v) is 7.03. The van der Waals surface area contributed by atoms with Crippen LogP contribution in [0.3, 0.4) is 0 Å². The Hall–Kier alpha value is -0.160. The average Bonchev–Trinajstić information content (AvgIpc) is 2.38. The summed E-state index contributed by atoms with van der Waals surface area (Å²) in [4.78, 5) is 0. The highest BCUT2D eigenvalue weighted by atomic mass is 16.5. The van der Waals surface area contributed by atoms with Gasteiger partial charge < -0.3 is 20.1 Å². The third kappa shape index (κ3) is 5.22. The van der Waals surface area contributed by atoms with Crippen molar-refractivity contribution in [3.8, 4) is 0 Å². The molecular formula is C14H30N2O2. The van der Waals surface area contributed by atoms with Crippen LogP contribution in [0.2, 0.25) is 0 Å². The molecule has 108 valence electrons. The van der Waals surface area contributed by atoms with Gasteiger partial charge in [-0.2, -0.15) is 0 Å². The summed E-state index contributed by atoms with van der Waals surface area (Å²) < 4.78 is 10.5. The van der Waals surface area contributed by atoms with Crippen LogP contribution in [0.1, 0.15) is 26.7 Å². The van der Waals surface area contributed by atoms with Crippen LogP contribution in [0.15, 0.2) is 0 Å². The minimum atomic E-state index is 0.148. The second-order valence-electron chi connectivity index (χ2n) is 5.98. The smallest absolute Gasteiger partial charge is 0.0928 e. The Morgan fingerprint density at radius 2 is 2.17 bits per heavy atom. The van der Waals surface area contributed by atoms with Gasteiger partial charge in [-0.3, -0.25) is 0 Å². The Labute approximate surface area is 112 Å². The Kier molecular flexibility index (Phi) is 7.15. The highest BCUT2D eigenvalue weighted by molar-refractivity contribution is 4.84. The fourth-order valence-electron chi connectivity index (χ4n) is 2.61. The summed E-state index contributed by atoms with van der Waals surface area (Å²) >= 11 is 0. The predicted octanol–water partition coefficient (Wildman–Crippen LogP) is 1.26. The number of methoxy groups -OCH3 is 2. The molecule has 0 aromatic carbocycles. The Morgan fingerprint density at radius 3 is 2.72 bits per heavy atom. The highest BCUT2D eigenvalue weighted by Gasteiger charge is 2.30. The summed E-state index contributed by atoms with van der Waals surface area (Å²) in [5.74, 6) is 0.766. The molecule has 2 N–H and O–H groups in total. The molecular weight excluding hydrogens is 228 g/mol. The molecule has 0 aromatic rings. The molecule has 1 rings (SSSR count). The topological polar surface area (TPSA) is 42.5 Å². The van der Waals surface area contributed by atoms with E-state index >= 15 is 0 Å². The maximum atomic E-state index is 5.35. The van der Waals surface area contributed by atoms with E-state index in [1.807, 2.05) is 0 Å². The van der Waals surface area contributed by atoms with E-state index in [0.717, 1.165) is 25.6 Å². The number of hydrogen-bond donors (Lipinski definition) is 2. The van der Waals surface area contributed by atoms with E-state index in [-0.39, 0.29) is 6.10 Å². The van der Waals surface area contributed by atoms with Gasteiger partial charge in [-0.05, 0) is 37.3 Å². The molecule has 1 heterocycles. The Bertz CT molecular complexity index is 216. The minimum absolute atomic E-state index is 0.148. The monoisotopic (exact) mass is 258 g/mol. The lowest BCUT2D eigenvalue weighted by atomic mass is 9.75. The van der Waals surface area contributed by atoms with Crippen LogP contribution in [-0.4, -0.2) is 53.1 Å². The van der Waals surface area contributed by atoms with Crippen LogP contribution in [0.4, 0.5) is 0 Å². The van der Waals surface area contributed by atoms with Crippen molar-refractivity contribution < 1.29 is 9.47 Å². The molecule has 0 radical (unpaired) electrons. The van der Waals surface area contributed by atoms with Crippen LogP contribution in [-0.2, 0) is 9.47 Å². The van der Waals surface area contributed by atoms with Crippen molar-refractivity contribution in [2.75, 3.05) is 47.0 Å². The molecule has 2 unspecified atom stereocenters. The van der Waals surface area contributed by atoms with Gasteiger partial charge in [0.15, 0.2) is 0 Å². The highest BCUT2D eigenvalue weighted by Crippen LogP contribution is 2.30. The fraction of sp³-hybridized carbons (Fsp3) is 1.00. The van der Waals surface area contributed by atoms with Crippen LogP contribution in [0.25, 0.3) is 0 Å². The third-order valence-electron chi connectivity index (χ3n) is 4.04. The van der Waals surface area contributed by atoms with E-state index in [1.54, 1.807) is 14.2 Å². The van der Waals surface area contributed by atoms with Gasteiger partial charge in [0.25, 0.3) is 0 Å². The SMILES string of the molecule is COCC(CNCC(C)(C)C1CCCNC1)OC. The van der Waals surface area contributed by atoms with Crippen LogP contribution in [0.5, 0.6) is 0 Å². The van der Waals surface area contributed by atoms with Crippen molar-refractivity contribution in [3.05, 3.63) is 0 Å². The number of nitrogens with one attached hydrogen (secondary N) is 2. The average molecular weight is 258 g/mol. The van der Waals surface area contributed by atoms with Gasteiger partial charge in [0.1, 0.15) is 0 Å². The minimum Gasteiger partial charge on any atom is -0.382 e. The largest absolute Gasteiger partial charge is 0.382 e. The van der Waals surface area contributed by atoms with Crippen LogP contribution < -0.4 is 10.6 Å². The maximum absolute atomic E-state index is 5.35. The van der Waals surface area contributed by atoms with Gasteiger partial charge in [-0.1, -0.05) is 13.8 Å². The fourth-order valence-corrected chi connectivity index (χ4v) is 2.61. The predicted molar refractivity (Wildman–Crippen MR) is 74.9 cm³/mol. The van der Waals surface area contributed by atoms with Gasteiger partial charge in [0.2, 0.25) is 0 Å². The van der Waals surface area contributed by atoms with E-state index in [9.17, 15) is 0 Å². The van der Waals surface area contributed by atoms with Gasteiger partial charge in [0.05, 0.1) is 12.7 Å². The molecule has 0 bridgehead atoms. The van der Waals surface area contributed by atoms with Gasteiger partial charge >= 0.3 is 0 Å². The quantitative estimate of drug-likeness (QED) is 0.688. The van der Waals surface area contributed by atoms with Crippen molar-refractivity contribution in [2.24, 2.45) is 11.3 Å². The molecule has 18 heavy (non-hydrogen) atoms. The summed E-state index contributed by atoms with van der Waals surface area (Å²) in [6, 6.07) is 0. The van der Waals surface area contributed by atoms with E-state index in [0.29, 0.717) is 12.0 Å². The van der Waals surface area contributed by atoms with E-state index in [2.05, 4.69) is 24.5 Å². The molecule has 0 aromatic heterocycles. The molecule has 1 aliphatic heterocycles. The lowest BCUT2D eigenvalue weighted by molar-refractivity contribution is 0.0263. The van der Waals surface area contributed by atoms with Crippen molar-refractivity contribution in [1.29, 1.82) is 0 Å². The molecule has 0 spiro atoms. The summed E-state index contributed by atoms with van der Waals surface area (Å²) in [6.07, 6.45) is 2.79. The van der Waals surface area contributed by atoms with Crippen molar-refractivity contribution >= 4 is 0 Å². The molecule has 1 saturated heterocycles. The molecule has 0 aliphatic carbocycles. The zero-order valence-electron chi connectivity index (χ0n) is 12.4. The molecule has 2 atom stereocenters. The number of hydrogen-bond acceptors (Lipinski definition) is 4. The molecule has 0 saturated carbocycles. The molecule has 4 heteroatoms. The number of ether oxygens (including phenoxy) is 2. The lowest BCUT2D eigenvalue weighted by Crippen LogP contribution is -2.45. The van der Waals surface area contributed by atoms with Gasteiger partial charge in [0, 0.05) is 27.3 Å². The second-order valence-corrected chi connectivity index (χ2v) is 5.98. The third-order valence-corrected chi connectivity index (χ3v) is 4.04. The molecule has 1 fully saturated rings. The van der Waals surface area contributed by atoms with Crippen molar-refractivity contribution in [1.82, 2.24) is 10.6 Å². The first kappa shape index (κ1) is 15.9. The summed E-state index contributed by atoms with van der Waals surface area (Å²) in [5.41, 5.74) is 0.332. The van der Waals surface area contributed by atoms with E-state index < -0.39 is 0 Å². The molecule has 1 aliphatic rings. The van der Waals surface area contributed by atoms with Crippen molar-refractivity contribution in [3.63, 3.8) is 0 Å². The standard InChI is InChI=1S/C14H30N2O2/c1-14(2,12-6-5-7-15-8-12)11-16-9-13(18-4)10-17-3/h12-13,15-16H,5-11H2,1-4H3. The molecule has 4 nitrogen and oxygen atoms in total. The van der Waals surface area contributed by atoms with E-state index in [4.69, 9.17) is 9.47 Å². The van der Waals surface area contributed by atoms with Crippen molar-refractivity contribution in [2.45, 2.75) is 32.8 Å². The van der Waals surface area contributed by atoms with Gasteiger partial charge in [-0.25, -0.2) is 0 Å². The zero-order chi connectivity index (χ0) is 13.4. The van der Waals surface area contributed by atoms with Crippen LogP contribution >= 0.6 is 0 Å². The Morgan fingerprint density at radius 1 is 1.39 bits per heavy atom.